The molecule has 2 aliphatic carbocycles. The molecular formula is C117H115N17O4S. The second-order valence-electron chi connectivity index (χ2n) is 36.0. The van der Waals surface area contributed by atoms with Gasteiger partial charge in [-0.3, -0.25) is 48.3 Å². The molecule has 2 amide bonds. The summed E-state index contributed by atoms with van der Waals surface area (Å²) in [6.45, 7) is 19.8. The van der Waals surface area contributed by atoms with Crippen LogP contribution in [0, 0.1) is 18.8 Å². The highest BCUT2D eigenvalue weighted by Crippen LogP contribution is 2.43. The smallest absolute Gasteiger partial charge is 0.251 e. The summed E-state index contributed by atoms with van der Waals surface area (Å²) >= 11 is 0. The van der Waals surface area contributed by atoms with Gasteiger partial charge in [0.2, 0.25) is 5.91 Å². The highest BCUT2D eigenvalue weighted by Gasteiger charge is 2.29. The van der Waals surface area contributed by atoms with Crippen molar-refractivity contribution in [2.45, 2.75) is 125 Å². The van der Waals surface area contributed by atoms with Crippen LogP contribution in [-0.2, 0) is 52.8 Å². The lowest BCUT2D eigenvalue weighted by Crippen LogP contribution is -2.45. The number of aromatic nitrogens is 14. The minimum atomic E-state index is -0.845. The molecule has 6 N–H and O–H groups in total. The molecule has 22 heteroatoms. The van der Waals surface area contributed by atoms with Crippen LogP contribution in [0.5, 0.6) is 0 Å². The van der Waals surface area contributed by atoms with Gasteiger partial charge in [0.15, 0.2) is 11.6 Å². The quantitative estimate of drug-likeness (QED) is 0.0372. The molecular weight excluding hydrogens is 1740 g/mol. The van der Waals surface area contributed by atoms with Gasteiger partial charge in [-0.15, -0.1) is 5.92 Å². The van der Waals surface area contributed by atoms with Gasteiger partial charge in [0.05, 0.1) is 74.7 Å². The molecule has 3 aliphatic rings. The highest BCUT2D eigenvalue weighted by molar-refractivity contribution is 7.59. The largest absolute Gasteiger partial charge is 0.368 e. The number of rotatable bonds is 19. The first-order chi connectivity index (χ1) is 66.7. The van der Waals surface area contributed by atoms with E-state index in [2.05, 4.69) is 233 Å². The number of pyridine rings is 4. The van der Waals surface area contributed by atoms with Gasteiger partial charge < -0.3 is 31.1 Å². The van der Waals surface area contributed by atoms with Gasteiger partial charge >= 0.3 is 0 Å². The Hall–Kier alpha value is -15.9. The van der Waals surface area contributed by atoms with Crippen molar-refractivity contribution in [3.8, 4) is 84.8 Å². The van der Waals surface area contributed by atoms with Crippen LogP contribution in [0.15, 0.2) is 333 Å². The molecule has 19 aromatic rings. The van der Waals surface area contributed by atoms with Crippen LogP contribution in [0.25, 0.3) is 133 Å². The van der Waals surface area contributed by atoms with Gasteiger partial charge in [-0.05, 0) is 220 Å². The van der Waals surface area contributed by atoms with E-state index in [9.17, 15) is 14.4 Å². The van der Waals surface area contributed by atoms with E-state index in [1.807, 2.05) is 206 Å². The summed E-state index contributed by atoms with van der Waals surface area (Å²) in [6, 6.07) is 91.2. The summed E-state index contributed by atoms with van der Waals surface area (Å²) in [5.41, 5.74) is 39.3. The monoisotopic (exact) mass is 1850 g/mol. The Balaban J connectivity index is 0.000000137. The van der Waals surface area contributed by atoms with Crippen molar-refractivity contribution in [2.75, 3.05) is 19.7 Å². The molecule has 0 radical (unpaired) electrons. The van der Waals surface area contributed by atoms with E-state index < -0.39 is 11.9 Å². The van der Waals surface area contributed by atoms with E-state index in [1.165, 1.54) is 62.9 Å². The van der Waals surface area contributed by atoms with Crippen LogP contribution in [0.1, 0.15) is 143 Å². The number of para-hydroxylation sites is 6. The number of nitrogens with zero attached hydrogens (tertiary/aromatic N) is 12. The van der Waals surface area contributed by atoms with Crippen molar-refractivity contribution in [3.05, 3.63) is 389 Å². The lowest BCUT2D eigenvalue weighted by atomic mass is 9.87. The Morgan fingerprint density at radius 2 is 1.21 bits per heavy atom. The minimum Gasteiger partial charge on any atom is -0.368 e. The molecule has 22 rings (SSSR count). The number of hydrogen-bond donors (Lipinski definition) is 5. The van der Waals surface area contributed by atoms with Gasteiger partial charge in [-0.25, -0.2) is 4.98 Å². The fourth-order valence-corrected chi connectivity index (χ4v) is 18.3. The molecule has 0 bridgehead atoms. The summed E-state index contributed by atoms with van der Waals surface area (Å²) in [5, 5.41) is 29.3. The number of primary amides is 1. The van der Waals surface area contributed by atoms with Crippen LogP contribution in [0.4, 0.5) is 0 Å². The zero-order valence-electron chi connectivity index (χ0n) is 78.8. The highest BCUT2D eigenvalue weighted by atomic mass is 32.1. The van der Waals surface area contributed by atoms with E-state index >= 15 is 0 Å². The molecule has 21 nitrogen and oxygen atoms in total. The van der Waals surface area contributed by atoms with Gasteiger partial charge in [0, 0.05) is 148 Å². The third-order valence-electron chi connectivity index (χ3n) is 25.6. The van der Waals surface area contributed by atoms with E-state index in [-0.39, 0.29) is 39.5 Å². The first-order valence-corrected chi connectivity index (χ1v) is 46.4. The number of Topliss-reactive ketones (excluding diaryl/α,β-unsaturated/α-hetero) is 1. The molecule has 10 aromatic heterocycles. The van der Waals surface area contributed by atoms with Crippen LogP contribution in [0.3, 0.4) is 0 Å². The Kier molecular flexibility index (Phi) is 30.0. The number of allylic oxidation sites excluding steroid dienone is 4. The molecule has 11 heterocycles. The van der Waals surface area contributed by atoms with Gasteiger partial charge in [-0.2, -0.15) is 33.9 Å². The summed E-state index contributed by atoms with van der Waals surface area (Å²) in [5.74, 6) is 6.37. The zero-order valence-corrected chi connectivity index (χ0v) is 79.8. The number of nitrogens with one attached hydrogen (secondary N) is 4. The normalized spacial score (nSPS) is 12.8. The second kappa shape index (κ2) is 43.4. The van der Waals surface area contributed by atoms with E-state index in [4.69, 9.17) is 15.6 Å². The number of carbonyl (C=O) groups excluding carboxylic acids is 3. The van der Waals surface area contributed by atoms with Gasteiger partial charge in [0.1, 0.15) is 19.0 Å². The molecule has 1 unspecified atom stereocenters. The van der Waals surface area contributed by atoms with Crippen molar-refractivity contribution < 1.29 is 20.5 Å². The number of fused-ring (bicyclic) bond motifs is 8. The number of hydrogen-bond acceptors (Lipinski definition) is 14. The fraction of sp³-hybridized carbons (Fsp3) is 0.197. The van der Waals surface area contributed by atoms with Gasteiger partial charge in [-0.1, -0.05) is 215 Å². The van der Waals surface area contributed by atoms with Crippen molar-refractivity contribution >= 4 is 91.3 Å². The topological polar surface area (TPSA) is 273 Å². The van der Waals surface area contributed by atoms with Crippen molar-refractivity contribution in [1.82, 2.24) is 79.8 Å². The number of piperidine rings is 1. The maximum atomic E-state index is 13.5. The number of imidazole rings is 1. The van der Waals surface area contributed by atoms with Crippen LogP contribution in [0.2, 0.25) is 0 Å². The number of aromatic amines is 2. The number of amides is 2. The fourth-order valence-electron chi connectivity index (χ4n) is 18.3. The third kappa shape index (κ3) is 22.0. The van der Waals surface area contributed by atoms with Crippen molar-refractivity contribution in [1.29, 1.82) is 0 Å². The molecule has 1 saturated heterocycles. The molecule has 1 atom stereocenters. The lowest BCUT2D eigenvalue weighted by Gasteiger charge is -2.21. The first kappa shape index (κ1) is 96.2. The van der Waals surface area contributed by atoms with Crippen LogP contribution in [-0.4, -0.2) is 113 Å². The summed E-state index contributed by atoms with van der Waals surface area (Å²) in [6.07, 6.45) is 17.9. The standard InChI is InChI=1S/C40H39N5O2.C22H15N3.C20H18N2O.C18H19N3.C16H16N4O.CH4.H2S.H2/c1-26-12-14-27(15-13-26)20-36(38(41)46)43-39(47)31-10-7-9-30(22-31)37-23-35(32-21-29-8-5-6-11-34(29)42-24-32)44-45(37)25-28-16-18-33(19-17-28)40(2,3)4;1-3-7-20-17(5-1)16(9-11-23-20)15-13-22(25-14-15)19-10-12-24-21-8-4-2-6-18(19)21;1-11-8-16(12(2)20(11)13(3)23)19-10-17-15-7-5-4-6-14(15)9-18(17)21-22-19;1-2-4-17-16(3-1)15(7-10-20-17)14-11-18(21-12-14)13-5-8-19-9-6-13;1-3-4-9-21-11-13-10-16(18-19(13)2)20-12-17-14-7-5-6-8-15(14)20;;;/h5-19,21-24,36H,20,25H2,1-4H3,(H2,41,46)(H,43,47);1-14,25H;4-7,10H,8-9H2,1-3H3;1-4,7,10-13,19,21H,5-6,8-9H2;5-8,10,12H,9,11H2,1-2H3;1H4;1H2;1H. The molecule has 1 fully saturated rings. The maximum Gasteiger partial charge on any atom is 0.251 e. The predicted octanol–water partition coefficient (Wildman–Crippen LogP) is 23.8. The maximum absolute atomic E-state index is 13.5. The predicted molar refractivity (Wildman–Crippen MR) is 568 cm³/mol. The van der Waals surface area contributed by atoms with E-state index in [0.717, 1.165) is 176 Å². The van der Waals surface area contributed by atoms with Crippen LogP contribution >= 0.6 is 13.5 Å². The number of nitrogens with two attached hydrogens (primary N) is 1. The van der Waals surface area contributed by atoms with Crippen molar-refractivity contribution in [3.63, 3.8) is 0 Å². The number of aryl methyl sites for hydroxylation is 2. The minimum absolute atomic E-state index is 0. The average molecular weight is 1860 g/mol. The molecule has 1 aliphatic heterocycles. The number of benzene rings is 9. The number of H-pyrrole nitrogens is 2. The Morgan fingerprint density at radius 3 is 1.88 bits per heavy atom. The SMILES string of the molecule is C.CC#CCOCc1cc(-n2cnc3ccccc32)nn1C.CC(=O)C1=C(C)CC(c2cc3c(nn2)Cc2ccccc2-3)=C1C.Cc1ccc(CC(NC(=O)c2cccc(-c3cc(-c4cnc5ccccc5c4)nn3Cc3ccc(C(C)(C)C)cc3)c2)C(N)=O)cc1.S.[HH].c1ccc2c(-c3c[nH]c(-c4ccnc5ccccc45)c3)ccnc2c1.c1ccc2c(-c3c[nH]c(C4CCNCC4)c3)ccnc2c1. The first-order valence-electron chi connectivity index (χ1n) is 46.4. The third-order valence-corrected chi connectivity index (χ3v) is 25.6. The Morgan fingerprint density at radius 1 is 0.583 bits per heavy atom. The van der Waals surface area contributed by atoms with E-state index in [0.29, 0.717) is 37.7 Å². The molecule has 0 spiro atoms. The molecule has 698 valence electrons. The molecule has 139 heavy (non-hydrogen) atoms. The van der Waals surface area contributed by atoms with E-state index in [1.54, 1.807) is 26.2 Å². The summed E-state index contributed by atoms with van der Waals surface area (Å²) in [7, 11) is 1.91. The second-order valence-corrected chi connectivity index (χ2v) is 36.0. The molecule has 9 aromatic carbocycles. The number of ether oxygens (including phenoxy) is 1. The lowest BCUT2D eigenvalue weighted by molar-refractivity contribution is -0.119. The van der Waals surface area contributed by atoms with Gasteiger partial charge in [0.25, 0.3) is 5.91 Å². The Bertz CT molecular complexity index is 7720. The summed E-state index contributed by atoms with van der Waals surface area (Å²) < 4.78 is 11.3. The molecule has 0 saturated carbocycles. The summed E-state index contributed by atoms with van der Waals surface area (Å²) in [4.78, 5) is 67.0. The Labute approximate surface area is 818 Å². The average Bonchev–Trinajstić information content (AvgIpc) is 1.61. The number of carbonyl (C=O) groups is 3. The zero-order chi connectivity index (χ0) is 94.6. The van der Waals surface area contributed by atoms with Crippen LogP contribution < -0.4 is 16.4 Å². The number of ketones is 1. The van der Waals surface area contributed by atoms with Crippen molar-refractivity contribution in [2.24, 2.45) is 12.8 Å².